The third-order valence-corrected chi connectivity index (χ3v) is 17.3. The van der Waals surface area contributed by atoms with Crippen molar-refractivity contribution in [3.63, 3.8) is 0 Å². The highest BCUT2D eigenvalue weighted by Crippen LogP contribution is 2.46. The highest BCUT2D eigenvalue weighted by molar-refractivity contribution is 7.82. The molecule has 7 aliphatic rings. The van der Waals surface area contributed by atoms with Crippen LogP contribution in [0.1, 0.15) is 0 Å². The van der Waals surface area contributed by atoms with E-state index in [0.29, 0.717) is 7.11 Å². The van der Waals surface area contributed by atoms with Crippen LogP contribution < -0.4 is 0 Å². The highest BCUT2D eigenvalue weighted by Gasteiger charge is 2.69. The van der Waals surface area contributed by atoms with Gasteiger partial charge in [-0.25, -0.2) is 38.9 Å². The molecule has 56 heteroatoms. The van der Waals surface area contributed by atoms with E-state index in [9.17, 15) is 111 Å². The number of carbonyl (C=O) groups is 2. The summed E-state index contributed by atoms with van der Waals surface area (Å²) in [7, 11) is -34.1. The van der Waals surface area contributed by atoms with Crippen LogP contribution in [-0.4, -0.2) is 342 Å². The Bertz CT molecular complexity index is 3410. The molecular weight excluding hydrogens is 1460 g/mol. The van der Waals surface area contributed by atoms with Gasteiger partial charge >= 0.3 is 84.7 Å². The van der Waals surface area contributed by atoms with E-state index < -0.39 is 264 Å². The van der Waals surface area contributed by atoms with E-state index in [2.05, 4.69) is 20.9 Å². The Morgan fingerprint density at radius 2 is 0.713 bits per heavy atom. The molecule has 25 atom stereocenters. The summed E-state index contributed by atoms with van der Waals surface area (Å²) < 4.78 is 367. The maximum absolute atomic E-state index is 13.7. The molecule has 7 rings (SSSR count). The van der Waals surface area contributed by atoms with Crippen LogP contribution in [0.2, 0.25) is 0 Å². The molecule has 7 heterocycles. The summed E-state index contributed by atoms with van der Waals surface area (Å²) in [6.45, 7) is -5.64. The highest BCUT2D eigenvalue weighted by atomic mass is 32.3. The number of carboxylic acid groups (broad SMARTS) is 2. The minimum atomic E-state index is -6.20. The molecule has 94 heavy (non-hydrogen) atoms. The summed E-state index contributed by atoms with van der Waals surface area (Å²) in [6.07, 6.45) is -55.7. The number of hydrogen-bond donors (Lipinski definition) is 9. The van der Waals surface area contributed by atoms with Crippen LogP contribution in [0.15, 0.2) is 0 Å². The van der Waals surface area contributed by atoms with Gasteiger partial charge in [0.1, 0.15) is 97.7 Å². The molecule has 550 valence electrons. The molecule has 0 amide bonds. The first-order chi connectivity index (χ1) is 43.2. The zero-order chi connectivity index (χ0) is 70.8. The first-order valence-corrected chi connectivity index (χ1v) is 35.0. The monoisotopic (exact) mass is 1530 g/mol. The molecule has 1 unspecified atom stereocenters. The Kier molecular flexibility index (Phi) is 26.9. The molecule has 0 aromatic rings. The van der Waals surface area contributed by atoms with Gasteiger partial charge in [0.2, 0.25) is 5.60 Å². The molecule has 7 saturated heterocycles. The lowest BCUT2D eigenvalue weighted by molar-refractivity contribution is -0.427. The van der Waals surface area contributed by atoms with Crippen molar-refractivity contribution < 1.29 is 220 Å². The molecule has 9 N–H and O–H groups in total. The normalized spacial score (nSPS) is 38.9. The summed E-state index contributed by atoms with van der Waals surface area (Å²) in [5.41, 5.74) is -3.36. The molecule has 49 nitrogen and oxygen atoms in total. The van der Waals surface area contributed by atoms with Crippen molar-refractivity contribution in [3.8, 4) is 0 Å². The van der Waals surface area contributed by atoms with Crippen LogP contribution in [0.25, 0.3) is 0 Å². The lowest BCUT2D eigenvalue weighted by Crippen LogP contribution is -2.77. The van der Waals surface area contributed by atoms with E-state index in [1.165, 1.54) is 0 Å². The van der Waals surface area contributed by atoms with E-state index in [4.69, 9.17) is 88.9 Å². The van der Waals surface area contributed by atoms with E-state index in [1.807, 2.05) is 0 Å². The van der Waals surface area contributed by atoms with Crippen LogP contribution in [0.3, 0.4) is 0 Å². The molecule has 0 aliphatic carbocycles. The third kappa shape index (κ3) is 20.5. The maximum Gasteiger partial charge on any atom is 0.397 e. The van der Waals surface area contributed by atoms with Gasteiger partial charge in [0, 0.05) is 49.8 Å². The molecule has 2 bridgehead atoms. The van der Waals surface area contributed by atoms with Gasteiger partial charge < -0.3 is 90.7 Å². The zero-order valence-corrected chi connectivity index (χ0v) is 54.1. The van der Waals surface area contributed by atoms with Crippen molar-refractivity contribution in [3.05, 3.63) is 0 Å². The summed E-state index contributed by atoms with van der Waals surface area (Å²) in [6, 6.07) is 0. The van der Waals surface area contributed by atoms with Gasteiger partial charge in [-0.3, -0.25) is 31.9 Å². The predicted octanol–water partition coefficient (Wildman–Crippen LogP) is -7.96. The van der Waals surface area contributed by atoms with E-state index in [0.717, 1.165) is 42.7 Å². The van der Waals surface area contributed by atoms with E-state index >= 15 is 0 Å². The van der Waals surface area contributed by atoms with Crippen LogP contribution in [0, 0.1) is 0 Å². The number of methoxy groups -OCH3 is 7. The number of rotatable bonds is 34. The second kappa shape index (κ2) is 31.5. The van der Waals surface area contributed by atoms with Crippen molar-refractivity contribution in [1.82, 2.24) is 0 Å². The average molecular weight is 1530 g/mol. The molecule has 0 aromatic heterocycles. The molecule has 0 aromatic carbocycles. The van der Waals surface area contributed by atoms with Crippen molar-refractivity contribution in [2.45, 2.75) is 153 Å². The SMILES string of the molecule is CO[C@H]1O[C@H](COS(=O)(=O)O)[C@@H](O[C@@H]2O[C@]3(C(=O)O)CO[C@H]2[C@H](OC)[C@H]3O[C@@H]2O[C@@H](COS(=O)(=O)O)[C@H](O[C@H]3O[C@@H](C(=O)O)[C@H](O[C@@H]4O[C@@H](COS(=O)(=O)O)[C@H](OC)[C@H](OC)[C@H]4OC)[C@H](OC)[C@H]3OC)[C@H](OS(=O)(=O)O)[C@H]2OS(=O)(=O)O)[C@@H](OS(=O)(=O)O)C1OS(=O)(=O)O. The Labute approximate surface area is 532 Å². The van der Waals surface area contributed by atoms with Crippen LogP contribution in [0.4, 0.5) is 0 Å². The fraction of sp³-hybridized carbons (Fsp3) is 0.947. The molecule has 0 spiro atoms. The minimum Gasteiger partial charge on any atom is -0.479 e. The predicted molar refractivity (Wildman–Crippen MR) is 277 cm³/mol. The second-order valence-electron chi connectivity index (χ2n) is 19.7. The maximum atomic E-state index is 13.7. The number of carboxylic acids is 2. The lowest BCUT2D eigenvalue weighted by Gasteiger charge is -2.57. The molecule has 0 saturated carbocycles. The smallest absolute Gasteiger partial charge is 0.397 e. The first-order valence-electron chi connectivity index (χ1n) is 25.4. The van der Waals surface area contributed by atoms with Gasteiger partial charge in [0.05, 0.1) is 26.4 Å². The van der Waals surface area contributed by atoms with Crippen LogP contribution >= 0.6 is 0 Å². The standard InChI is InChI=1S/C38H62O49S7/c1-64-15-12(8-72-88(43,44)45)76-33(25(68-5)18(15)65-2)80-20-19(66-3)26(69-6)34(81-24(20)31(39)40)78-16-14(10-74-90(49,50)51)77-35(29(87-94(61,62)63)22(16)85-92(55,56)57)82-30-23(67-4)27-36(83-38(30,11-71-27)37(41)42)79-17-13(9-73-89(46,47)48)75-32(70-7)28(86-93(58,59)60)21(17)84-91(52,53)54/h12-30,32-36H,8-11H2,1-7H3,(H,39,40)(H,41,42)(H,43,44,45)(H,46,47,48)(H,49,50,51)(H,52,53,54)(H,55,56,57)(H,58,59,60)(H,61,62,63)/t12-,13+,14-,15-,16-,17+,18-,19-,20+,21+,22-,23-,24+,25+,26+,27-,28?,29+,30+,32-,33-,34-,35-,36+,38+/m0/s1. The lowest BCUT2D eigenvalue weighted by atomic mass is 9.83. The topological polar surface area (TPSA) is 677 Å². The molecule has 0 radical (unpaired) electrons. The van der Waals surface area contributed by atoms with Crippen LogP contribution in [0.5, 0.6) is 0 Å². The first kappa shape index (κ1) is 80.3. The minimum absolute atomic E-state index is 0.712. The summed E-state index contributed by atoms with van der Waals surface area (Å²) in [5, 5.41) is 21.7. The van der Waals surface area contributed by atoms with Gasteiger partial charge in [-0.1, -0.05) is 0 Å². The van der Waals surface area contributed by atoms with Gasteiger partial charge in [-0.2, -0.15) is 58.9 Å². The average Bonchev–Trinajstić information content (AvgIpc) is 0.721. The van der Waals surface area contributed by atoms with Gasteiger partial charge in [-0.05, 0) is 0 Å². The van der Waals surface area contributed by atoms with Crippen molar-refractivity contribution in [1.29, 1.82) is 0 Å². The van der Waals surface area contributed by atoms with Gasteiger partial charge in [-0.15, -0.1) is 0 Å². The van der Waals surface area contributed by atoms with Crippen molar-refractivity contribution in [2.75, 3.05) is 76.2 Å². The number of ether oxygens (including phenoxy) is 17. The van der Waals surface area contributed by atoms with Gasteiger partial charge in [0.15, 0.2) is 49.8 Å². The molecule has 7 aliphatic heterocycles. The van der Waals surface area contributed by atoms with Crippen molar-refractivity contribution >= 4 is 84.7 Å². The van der Waals surface area contributed by atoms with Gasteiger partial charge in [0.25, 0.3) is 0 Å². The molecular formula is C38H62O49S7. The van der Waals surface area contributed by atoms with Crippen molar-refractivity contribution in [2.24, 2.45) is 0 Å². The quantitative estimate of drug-likeness (QED) is 0.0270. The summed E-state index contributed by atoms with van der Waals surface area (Å²) >= 11 is 0. The fourth-order valence-corrected chi connectivity index (χ4v) is 13.5. The number of aliphatic carboxylic acids is 2. The summed E-state index contributed by atoms with van der Waals surface area (Å²) in [5.74, 6) is -4.29. The Balaban J connectivity index is 1.43. The fourth-order valence-electron chi connectivity index (χ4n) is 10.6. The largest absolute Gasteiger partial charge is 0.479 e. The Hall–Kier alpha value is -2.65. The number of fused-ring (bicyclic) bond motifs is 3. The number of hydrogen-bond acceptors (Lipinski definition) is 40. The second-order valence-corrected chi connectivity index (χ2v) is 27.2. The molecule has 7 fully saturated rings. The Morgan fingerprint density at radius 3 is 1.09 bits per heavy atom. The van der Waals surface area contributed by atoms with E-state index in [-0.39, 0.29) is 0 Å². The van der Waals surface area contributed by atoms with Crippen LogP contribution in [-0.2, 0) is 192 Å². The third-order valence-electron chi connectivity index (χ3n) is 14.1. The Morgan fingerprint density at radius 1 is 0.372 bits per heavy atom. The van der Waals surface area contributed by atoms with E-state index in [1.54, 1.807) is 0 Å². The summed E-state index contributed by atoms with van der Waals surface area (Å²) in [4.78, 5) is 26.9. The zero-order valence-electron chi connectivity index (χ0n) is 48.4.